The van der Waals surface area contributed by atoms with Gasteiger partial charge in [0.25, 0.3) is 0 Å². The number of anilines is 2. The predicted octanol–water partition coefficient (Wildman–Crippen LogP) is 3.86. The molecule has 0 saturated carbocycles. The van der Waals surface area contributed by atoms with Crippen LogP contribution in [0.2, 0.25) is 0 Å². The number of hydrogen-bond donors (Lipinski definition) is 1. The summed E-state index contributed by atoms with van der Waals surface area (Å²) in [5, 5.41) is 2.90. The average Bonchev–Trinajstić information content (AvgIpc) is 2.68. The summed E-state index contributed by atoms with van der Waals surface area (Å²) in [6, 6.07) is 15.1. The third-order valence-electron chi connectivity index (χ3n) is 4.61. The molecule has 27 heavy (non-hydrogen) atoms. The van der Waals surface area contributed by atoms with Gasteiger partial charge < -0.3 is 15.1 Å². The Morgan fingerprint density at radius 2 is 1.67 bits per heavy atom. The molecule has 1 heterocycles. The maximum Gasteiger partial charge on any atom is 0.416 e. The summed E-state index contributed by atoms with van der Waals surface area (Å²) >= 11 is 0. The van der Waals surface area contributed by atoms with E-state index in [4.69, 9.17) is 0 Å². The molecule has 1 aliphatic heterocycles. The Balaban J connectivity index is 1.44. The Morgan fingerprint density at radius 1 is 0.963 bits per heavy atom. The first kappa shape index (κ1) is 19.1. The Hall–Kier alpha value is -2.70. The number of nitrogens with zero attached hydrogens (tertiary/aromatic N) is 2. The van der Waals surface area contributed by atoms with Gasteiger partial charge in [0.2, 0.25) is 5.91 Å². The normalized spacial score (nSPS) is 14.9. The number of para-hydroxylation sites is 1. The molecule has 1 fully saturated rings. The van der Waals surface area contributed by atoms with E-state index in [-0.39, 0.29) is 12.3 Å². The molecule has 0 spiro atoms. The molecule has 4 nitrogen and oxygen atoms in total. The first-order valence-electron chi connectivity index (χ1n) is 8.92. The molecule has 1 amide bonds. The molecule has 0 unspecified atom stereocenters. The van der Waals surface area contributed by atoms with E-state index in [2.05, 4.69) is 22.3 Å². The lowest BCUT2D eigenvalue weighted by Gasteiger charge is -2.36. The summed E-state index contributed by atoms with van der Waals surface area (Å²) in [5.41, 5.74) is 0.818. The van der Waals surface area contributed by atoms with Crippen LogP contribution in [0.5, 0.6) is 0 Å². The van der Waals surface area contributed by atoms with Crippen molar-refractivity contribution in [3.05, 3.63) is 60.2 Å². The number of rotatable bonds is 5. The van der Waals surface area contributed by atoms with Crippen molar-refractivity contribution in [1.82, 2.24) is 4.90 Å². The lowest BCUT2D eigenvalue weighted by molar-refractivity contribution is -0.137. The molecular weight excluding hydrogens is 355 g/mol. The molecular formula is C20H22F3N3O. The summed E-state index contributed by atoms with van der Waals surface area (Å²) < 4.78 is 38.2. The first-order chi connectivity index (χ1) is 12.9. The van der Waals surface area contributed by atoms with Gasteiger partial charge >= 0.3 is 6.18 Å². The predicted molar refractivity (Wildman–Crippen MR) is 99.8 cm³/mol. The van der Waals surface area contributed by atoms with Crippen molar-refractivity contribution in [2.24, 2.45) is 0 Å². The van der Waals surface area contributed by atoms with E-state index in [0.29, 0.717) is 25.3 Å². The van der Waals surface area contributed by atoms with E-state index in [0.717, 1.165) is 30.9 Å². The largest absolute Gasteiger partial charge is 0.416 e. The molecule has 1 N–H and O–H groups in total. The number of halogens is 3. The van der Waals surface area contributed by atoms with Gasteiger partial charge in [-0.2, -0.15) is 13.2 Å². The van der Waals surface area contributed by atoms with E-state index in [9.17, 15) is 18.0 Å². The van der Waals surface area contributed by atoms with Gasteiger partial charge in [0.15, 0.2) is 0 Å². The van der Waals surface area contributed by atoms with Gasteiger partial charge in [-0.3, -0.25) is 4.79 Å². The van der Waals surface area contributed by atoms with Gasteiger partial charge in [0, 0.05) is 50.5 Å². The quantitative estimate of drug-likeness (QED) is 0.860. The number of benzene rings is 2. The number of carbonyl (C=O) groups is 1. The van der Waals surface area contributed by atoms with E-state index < -0.39 is 11.7 Å². The standard InChI is InChI=1S/C20H22F3N3O/c21-20(22,23)16-5-4-6-17(15-16)24-10-9-19(27)26-13-11-25(12-14-26)18-7-2-1-3-8-18/h1-8,15,24H,9-14H2. The zero-order chi connectivity index (χ0) is 19.3. The molecule has 144 valence electrons. The number of nitrogens with one attached hydrogen (secondary N) is 1. The number of amides is 1. The van der Waals surface area contributed by atoms with Crippen molar-refractivity contribution in [3.63, 3.8) is 0 Å². The maximum absolute atomic E-state index is 12.7. The second-order valence-corrected chi connectivity index (χ2v) is 6.46. The van der Waals surface area contributed by atoms with E-state index >= 15 is 0 Å². The maximum atomic E-state index is 12.7. The summed E-state index contributed by atoms with van der Waals surface area (Å²) in [6.07, 6.45) is -4.12. The third kappa shape index (κ3) is 5.15. The highest BCUT2D eigenvalue weighted by Crippen LogP contribution is 2.30. The molecule has 0 aromatic heterocycles. The van der Waals surface area contributed by atoms with Gasteiger partial charge in [-0.1, -0.05) is 24.3 Å². The number of piperazine rings is 1. The minimum absolute atomic E-state index is 0.0159. The molecule has 2 aromatic carbocycles. The number of carbonyl (C=O) groups excluding carboxylic acids is 1. The van der Waals surface area contributed by atoms with Gasteiger partial charge in [0.1, 0.15) is 0 Å². The zero-order valence-electron chi connectivity index (χ0n) is 14.9. The highest BCUT2D eigenvalue weighted by Gasteiger charge is 2.30. The lowest BCUT2D eigenvalue weighted by Crippen LogP contribution is -2.49. The molecule has 2 aromatic rings. The molecule has 1 aliphatic rings. The van der Waals surface area contributed by atoms with Crippen LogP contribution in [0.25, 0.3) is 0 Å². The highest BCUT2D eigenvalue weighted by molar-refractivity contribution is 5.77. The molecule has 0 bridgehead atoms. The van der Waals surface area contributed by atoms with Crippen LogP contribution < -0.4 is 10.2 Å². The van der Waals surface area contributed by atoms with Crippen LogP contribution >= 0.6 is 0 Å². The van der Waals surface area contributed by atoms with Crippen LogP contribution in [0.3, 0.4) is 0 Å². The zero-order valence-corrected chi connectivity index (χ0v) is 14.9. The Bertz CT molecular complexity index is 757. The van der Waals surface area contributed by atoms with Crippen LogP contribution in [-0.4, -0.2) is 43.5 Å². The monoisotopic (exact) mass is 377 g/mol. The second kappa shape index (κ2) is 8.33. The Morgan fingerprint density at radius 3 is 2.33 bits per heavy atom. The topological polar surface area (TPSA) is 35.6 Å². The summed E-state index contributed by atoms with van der Waals surface area (Å²) in [4.78, 5) is 16.4. The van der Waals surface area contributed by atoms with Gasteiger partial charge in [-0.05, 0) is 30.3 Å². The van der Waals surface area contributed by atoms with Crippen molar-refractivity contribution in [3.8, 4) is 0 Å². The minimum atomic E-state index is -4.37. The van der Waals surface area contributed by atoms with E-state index in [1.807, 2.05) is 23.1 Å². The molecule has 0 atom stereocenters. The SMILES string of the molecule is O=C(CCNc1cccc(C(F)(F)F)c1)N1CCN(c2ccccc2)CC1. The van der Waals surface area contributed by atoms with Crippen molar-refractivity contribution in [1.29, 1.82) is 0 Å². The Kier molecular flexibility index (Phi) is 5.88. The van der Waals surface area contributed by atoms with E-state index in [1.165, 1.54) is 6.07 Å². The third-order valence-corrected chi connectivity index (χ3v) is 4.61. The van der Waals surface area contributed by atoms with Gasteiger partial charge in [0.05, 0.1) is 5.56 Å². The smallest absolute Gasteiger partial charge is 0.385 e. The van der Waals surface area contributed by atoms with Gasteiger partial charge in [-0.25, -0.2) is 0 Å². The van der Waals surface area contributed by atoms with Crippen molar-refractivity contribution in [2.75, 3.05) is 42.9 Å². The first-order valence-corrected chi connectivity index (χ1v) is 8.92. The van der Waals surface area contributed by atoms with Crippen molar-refractivity contribution >= 4 is 17.3 Å². The van der Waals surface area contributed by atoms with Crippen molar-refractivity contribution < 1.29 is 18.0 Å². The second-order valence-electron chi connectivity index (χ2n) is 6.46. The summed E-state index contributed by atoms with van der Waals surface area (Å²) in [6.45, 7) is 3.15. The molecule has 3 rings (SSSR count). The molecule has 1 saturated heterocycles. The fourth-order valence-electron chi connectivity index (χ4n) is 3.13. The fourth-order valence-corrected chi connectivity index (χ4v) is 3.13. The lowest BCUT2D eigenvalue weighted by atomic mass is 10.2. The summed E-state index contributed by atoms with van der Waals surface area (Å²) in [5.74, 6) is 0.0159. The average molecular weight is 377 g/mol. The number of hydrogen-bond acceptors (Lipinski definition) is 3. The molecule has 0 aliphatic carbocycles. The van der Waals surface area contributed by atoms with Crippen LogP contribution in [0.15, 0.2) is 54.6 Å². The van der Waals surface area contributed by atoms with E-state index in [1.54, 1.807) is 6.07 Å². The summed E-state index contributed by atoms with van der Waals surface area (Å²) in [7, 11) is 0. The van der Waals surface area contributed by atoms with Gasteiger partial charge in [-0.15, -0.1) is 0 Å². The van der Waals surface area contributed by atoms with Crippen LogP contribution in [0.1, 0.15) is 12.0 Å². The van der Waals surface area contributed by atoms with Crippen molar-refractivity contribution in [2.45, 2.75) is 12.6 Å². The minimum Gasteiger partial charge on any atom is -0.385 e. The van der Waals surface area contributed by atoms with Crippen LogP contribution in [0, 0.1) is 0 Å². The Labute approximate surface area is 156 Å². The molecule has 7 heteroatoms. The number of alkyl halides is 3. The van der Waals surface area contributed by atoms with Crippen LogP contribution in [0.4, 0.5) is 24.5 Å². The fraction of sp³-hybridized carbons (Fsp3) is 0.350. The molecule has 0 radical (unpaired) electrons. The van der Waals surface area contributed by atoms with Crippen LogP contribution in [-0.2, 0) is 11.0 Å². The highest BCUT2D eigenvalue weighted by atomic mass is 19.4.